The Labute approximate surface area is 149 Å². The zero-order valence-corrected chi connectivity index (χ0v) is 15.0. The average Bonchev–Trinajstić information content (AvgIpc) is 3.14. The molecule has 2 amide bonds. The van der Waals surface area contributed by atoms with Crippen LogP contribution in [0.4, 0.5) is 5.82 Å². The van der Waals surface area contributed by atoms with Gasteiger partial charge in [-0.25, -0.2) is 9.89 Å². The topological polar surface area (TPSA) is 120 Å². The minimum atomic E-state index is -0.635. The van der Waals surface area contributed by atoms with Crippen molar-refractivity contribution < 1.29 is 19.3 Å². The van der Waals surface area contributed by atoms with E-state index in [2.05, 4.69) is 15.7 Å². The number of carbonyl (C=O) groups is 2. The van der Waals surface area contributed by atoms with Crippen LogP contribution in [-0.2, 0) is 17.8 Å². The lowest BCUT2D eigenvalue weighted by atomic mass is 9.96. The monoisotopic (exact) mass is 360 g/mol. The number of carbonyl (C=O) groups excluding carboxylic acids is 2. The van der Waals surface area contributed by atoms with Gasteiger partial charge in [-0.05, 0) is 18.3 Å². The Hall–Kier alpha value is -2.84. The van der Waals surface area contributed by atoms with Crippen LogP contribution < -0.4 is 20.8 Å². The quantitative estimate of drug-likeness (QED) is 0.578. The molecule has 0 unspecified atom stereocenters. The van der Waals surface area contributed by atoms with Crippen molar-refractivity contribution in [2.45, 2.75) is 52.6 Å². The Morgan fingerprint density at radius 1 is 1.35 bits per heavy atom. The van der Waals surface area contributed by atoms with E-state index in [0.717, 1.165) is 12.8 Å². The van der Waals surface area contributed by atoms with Crippen molar-refractivity contribution in [1.82, 2.24) is 14.9 Å². The van der Waals surface area contributed by atoms with Gasteiger partial charge >= 0.3 is 17.1 Å². The van der Waals surface area contributed by atoms with Gasteiger partial charge in [0.2, 0.25) is 11.5 Å². The molecule has 0 bridgehead atoms. The zero-order chi connectivity index (χ0) is 18.8. The van der Waals surface area contributed by atoms with Gasteiger partial charge in [0.1, 0.15) is 0 Å². The van der Waals surface area contributed by atoms with E-state index in [1.165, 1.54) is 4.52 Å². The van der Waals surface area contributed by atoms with Crippen molar-refractivity contribution in [3.05, 3.63) is 21.5 Å². The highest BCUT2D eigenvalue weighted by molar-refractivity contribution is 6.00. The first-order chi connectivity index (χ1) is 12.2. The molecule has 2 aromatic rings. The Morgan fingerprint density at radius 2 is 2.04 bits per heavy atom. The third-order valence-corrected chi connectivity index (χ3v) is 4.53. The average molecular weight is 360 g/mol. The summed E-state index contributed by atoms with van der Waals surface area (Å²) in [5.74, 6) is -0.706. The Kier molecular flexibility index (Phi) is 3.40. The lowest BCUT2D eigenvalue weighted by molar-refractivity contribution is -0.692. The van der Waals surface area contributed by atoms with Gasteiger partial charge in [-0.15, -0.1) is 0 Å². The minimum absolute atomic E-state index is 0.0611. The van der Waals surface area contributed by atoms with Gasteiger partial charge in [-0.3, -0.25) is 9.59 Å². The van der Waals surface area contributed by atoms with Crippen molar-refractivity contribution in [2.75, 3.05) is 5.32 Å². The number of hydrogen-bond donors (Lipinski definition) is 4. The van der Waals surface area contributed by atoms with Crippen LogP contribution in [0, 0.1) is 5.41 Å². The fraction of sp³-hybridized carbons (Fsp3) is 0.529. The SMILES string of the molecule is CC(C)(C)C[n+]1c(O)c(C(=O)NC2CC2)c(=O)n2[nH]c3c(c21)CC(=O)N3. The maximum atomic E-state index is 12.9. The number of aromatic hydroxyl groups is 1. The smallest absolute Gasteiger partial charge is 0.378 e. The fourth-order valence-corrected chi connectivity index (χ4v) is 3.28. The largest absolute Gasteiger partial charge is 0.477 e. The number of rotatable bonds is 3. The Balaban J connectivity index is 1.98. The number of amides is 2. The molecule has 4 N–H and O–H groups in total. The van der Waals surface area contributed by atoms with Crippen LogP contribution in [0.25, 0.3) is 5.65 Å². The Morgan fingerprint density at radius 3 is 2.65 bits per heavy atom. The molecule has 1 fully saturated rings. The first kappa shape index (κ1) is 16.6. The van der Waals surface area contributed by atoms with Crippen LogP contribution in [-0.4, -0.2) is 32.6 Å². The molecule has 0 atom stereocenters. The van der Waals surface area contributed by atoms with Gasteiger partial charge in [0.15, 0.2) is 5.82 Å². The lowest BCUT2D eigenvalue weighted by Crippen LogP contribution is -2.48. The highest BCUT2D eigenvalue weighted by Crippen LogP contribution is 2.27. The van der Waals surface area contributed by atoms with Crippen molar-refractivity contribution in [3.63, 3.8) is 0 Å². The first-order valence-electron chi connectivity index (χ1n) is 8.69. The fourth-order valence-electron chi connectivity index (χ4n) is 3.28. The summed E-state index contributed by atoms with van der Waals surface area (Å²) in [4.78, 5) is 37.1. The number of fused-ring (bicyclic) bond motifs is 3. The standard InChI is InChI=1S/C17H21N5O4/c1-17(2,3)7-21-14-9-6-10(23)19-12(9)20-22(14)16(26)11(15(21)25)13(24)18-8-4-5-8/h8H,4-7H2,1-3H3,(H3,18,19,20,23,24,25,26)/p+1. The lowest BCUT2D eigenvalue weighted by Gasteiger charge is -2.18. The van der Waals surface area contributed by atoms with E-state index in [0.29, 0.717) is 23.6 Å². The van der Waals surface area contributed by atoms with Crippen LogP contribution in [0.15, 0.2) is 4.79 Å². The number of hydrogen-bond acceptors (Lipinski definition) is 4. The predicted molar refractivity (Wildman–Crippen MR) is 92.2 cm³/mol. The Bertz CT molecular complexity index is 1010. The van der Waals surface area contributed by atoms with Crippen LogP contribution in [0.5, 0.6) is 5.88 Å². The molecule has 26 heavy (non-hydrogen) atoms. The third-order valence-electron chi connectivity index (χ3n) is 4.53. The summed E-state index contributed by atoms with van der Waals surface area (Å²) in [5.41, 5.74) is -0.140. The van der Waals surface area contributed by atoms with Crippen LogP contribution in [0.3, 0.4) is 0 Å². The summed E-state index contributed by atoms with van der Waals surface area (Å²) < 4.78 is 2.77. The van der Waals surface area contributed by atoms with Crippen LogP contribution >= 0.6 is 0 Å². The van der Waals surface area contributed by atoms with Crippen LogP contribution in [0.1, 0.15) is 49.5 Å². The van der Waals surface area contributed by atoms with Gasteiger partial charge in [0.25, 0.3) is 5.91 Å². The molecule has 3 heterocycles. The number of aromatic nitrogens is 3. The molecule has 1 aliphatic heterocycles. The number of H-pyrrole nitrogens is 1. The third kappa shape index (κ3) is 2.63. The second-order valence-corrected chi connectivity index (χ2v) is 8.25. The maximum absolute atomic E-state index is 12.9. The summed E-state index contributed by atoms with van der Waals surface area (Å²) >= 11 is 0. The molecule has 0 radical (unpaired) electrons. The predicted octanol–water partition coefficient (Wildman–Crippen LogP) is 0.0536. The first-order valence-corrected chi connectivity index (χ1v) is 8.69. The summed E-state index contributed by atoms with van der Waals surface area (Å²) in [6, 6.07) is 0.0611. The van der Waals surface area contributed by atoms with Gasteiger partial charge < -0.3 is 15.7 Å². The maximum Gasteiger partial charge on any atom is 0.378 e. The summed E-state index contributed by atoms with van der Waals surface area (Å²) in [5, 5.41) is 19.1. The molecule has 2 aromatic heterocycles. The van der Waals surface area contributed by atoms with Crippen molar-refractivity contribution >= 4 is 23.3 Å². The zero-order valence-electron chi connectivity index (χ0n) is 15.0. The normalized spacial score (nSPS) is 16.7. The van der Waals surface area contributed by atoms with E-state index in [1.807, 2.05) is 20.8 Å². The van der Waals surface area contributed by atoms with E-state index >= 15 is 0 Å². The minimum Gasteiger partial charge on any atom is -0.477 e. The number of nitrogens with one attached hydrogen (secondary N) is 3. The van der Waals surface area contributed by atoms with Gasteiger partial charge in [-0.2, -0.15) is 4.57 Å². The molecular weight excluding hydrogens is 338 g/mol. The molecule has 138 valence electrons. The second-order valence-electron chi connectivity index (χ2n) is 8.25. The molecule has 0 aromatic carbocycles. The molecular formula is C17H22N5O4+. The van der Waals surface area contributed by atoms with Gasteiger partial charge in [0, 0.05) is 6.04 Å². The van der Waals surface area contributed by atoms with Crippen molar-refractivity contribution in [3.8, 4) is 5.88 Å². The van der Waals surface area contributed by atoms with E-state index in [4.69, 9.17) is 0 Å². The van der Waals surface area contributed by atoms with E-state index < -0.39 is 11.5 Å². The highest BCUT2D eigenvalue weighted by Gasteiger charge is 2.38. The van der Waals surface area contributed by atoms with Crippen molar-refractivity contribution in [2.24, 2.45) is 5.41 Å². The van der Waals surface area contributed by atoms with Crippen LogP contribution in [0.2, 0.25) is 0 Å². The molecule has 4 rings (SSSR count). The summed E-state index contributed by atoms with van der Waals surface area (Å²) in [6.45, 7) is 6.33. The molecule has 9 nitrogen and oxygen atoms in total. The molecule has 2 aliphatic rings. The number of aromatic amines is 1. The summed E-state index contributed by atoms with van der Waals surface area (Å²) in [6.07, 6.45) is 1.86. The second kappa shape index (κ2) is 5.33. The molecule has 1 aliphatic carbocycles. The highest BCUT2D eigenvalue weighted by atomic mass is 16.3. The van der Waals surface area contributed by atoms with Gasteiger partial charge in [-0.1, -0.05) is 25.3 Å². The molecule has 0 saturated heterocycles. The summed E-state index contributed by atoms with van der Waals surface area (Å²) in [7, 11) is 0. The van der Waals surface area contributed by atoms with E-state index in [1.54, 1.807) is 4.57 Å². The number of anilines is 1. The van der Waals surface area contributed by atoms with Gasteiger partial charge in [0.05, 0.1) is 18.5 Å². The number of nitrogens with zero attached hydrogens (tertiary/aromatic N) is 2. The molecule has 1 saturated carbocycles. The molecule has 0 spiro atoms. The van der Waals surface area contributed by atoms with E-state index in [9.17, 15) is 19.5 Å². The van der Waals surface area contributed by atoms with E-state index in [-0.39, 0.29) is 35.2 Å². The van der Waals surface area contributed by atoms with Crippen molar-refractivity contribution in [1.29, 1.82) is 0 Å². The molecule has 9 heteroatoms.